The molecule has 0 saturated heterocycles. The molecule has 0 bridgehead atoms. The number of carbonyl (C=O) groups excluding carboxylic acids is 2. The number of hydrogen-bond acceptors (Lipinski definition) is 4. The summed E-state index contributed by atoms with van der Waals surface area (Å²) in [6, 6.07) is 14.6. The minimum absolute atomic E-state index is 0.0918. The van der Waals surface area contributed by atoms with Crippen molar-refractivity contribution in [1.82, 2.24) is 15.7 Å². The first kappa shape index (κ1) is 31.7. The molecule has 0 unspecified atom stereocenters. The fraction of sp³-hybridized carbons (Fsp3) is 0.333. The highest BCUT2D eigenvalue weighted by atomic mass is 19.3. The van der Waals surface area contributed by atoms with Crippen LogP contribution in [0.2, 0.25) is 0 Å². The highest BCUT2D eigenvalue weighted by molar-refractivity contribution is 5.80. The van der Waals surface area contributed by atoms with E-state index < -0.39 is 47.5 Å². The summed E-state index contributed by atoms with van der Waals surface area (Å²) in [7, 11) is 2.81. The van der Waals surface area contributed by atoms with Crippen molar-refractivity contribution < 1.29 is 45.5 Å². The molecule has 0 radical (unpaired) electrons. The zero-order chi connectivity index (χ0) is 31.4. The second kappa shape index (κ2) is 12.9. The molecule has 230 valence electrons. The summed E-state index contributed by atoms with van der Waals surface area (Å²) in [5.41, 5.74) is -1.04. The smallest absolute Gasteiger partial charge is 0.428 e. The van der Waals surface area contributed by atoms with E-state index in [1.807, 2.05) is 0 Å². The Labute approximate surface area is 243 Å². The Bertz CT molecular complexity index is 1420. The van der Waals surface area contributed by atoms with Crippen molar-refractivity contribution in [3.63, 3.8) is 0 Å². The van der Waals surface area contributed by atoms with Gasteiger partial charge in [-0.05, 0) is 53.8 Å². The lowest BCUT2D eigenvalue weighted by molar-refractivity contribution is -0.253. The molecule has 2 N–H and O–H groups in total. The molecule has 1 saturated carbocycles. The van der Waals surface area contributed by atoms with Crippen LogP contribution in [0.1, 0.15) is 29.5 Å². The van der Waals surface area contributed by atoms with Crippen LogP contribution in [0.4, 0.5) is 31.1 Å². The van der Waals surface area contributed by atoms with Crippen molar-refractivity contribution in [3.8, 4) is 5.75 Å². The molecule has 0 aromatic heterocycles. The van der Waals surface area contributed by atoms with E-state index in [0.717, 1.165) is 29.3 Å². The van der Waals surface area contributed by atoms with E-state index in [1.165, 1.54) is 26.3 Å². The van der Waals surface area contributed by atoms with E-state index in [-0.39, 0.29) is 29.4 Å². The molecule has 1 atom stereocenters. The summed E-state index contributed by atoms with van der Waals surface area (Å²) in [5, 5.41) is 6.64. The number of nitrogens with one attached hydrogen (secondary N) is 2. The third-order valence-corrected chi connectivity index (χ3v) is 7.25. The number of amides is 3. The Morgan fingerprint density at radius 3 is 2.21 bits per heavy atom. The van der Waals surface area contributed by atoms with Gasteiger partial charge in [0.05, 0.1) is 12.6 Å². The highest BCUT2D eigenvalue weighted by Crippen LogP contribution is 2.38. The van der Waals surface area contributed by atoms with E-state index in [2.05, 4.69) is 15.4 Å². The van der Waals surface area contributed by atoms with Gasteiger partial charge in [-0.15, -0.1) is 0 Å². The fourth-order valence-electron chi connectivity index (χ4n) is 4.97. The van der Waals surface area contributed by atoms with E-state index in [9.17, 15) is 35.9 Å². The van der Waals surface area contributed by atoms with E-state index in [0.29, 0.717) is 24.5 Å². The molecule has 1 fully saturated rings. The lowest BCUT2D eigenvalue weighted by Crippen LogP contribution is -2.57. The molecular formula is C30H29F6N3O4. The van der Waals surface area contributed by atoms with Crippen LogP contribution in [-0.2, 0) is 21.6 Å². The number of carbonyl (C=O) groups is 2. The first-order chi connectivity index (χ1) is 20.3. The average Bonchev–Trinajstić information content (AvgIpc) is 2.93. The van der Waals surface area contributed by atoms with E-state index in [4.69, 9.17) is 4.84 Å². The molecule has 3 amide bonds. The van der Waals surface area contributed by atoms with Crippen LogP contribution in [-0.4, -0.2) is 49.7 Å². The normalized spacial score (nSPS) is 17.9. The predicted octanol–water partition coefficient (Wildman–Crippen LogP) is 5.79. The maximum absolute atomic E-state index is 14.9. The number of hydrogen-bond donors (Lipinski definition) is 2. The van der Waals surface area contributed by atoms with Gasteiger partial charge in [-0.1, -0.05) is 42.5 Å². The van der Waals surface area contributed by atoms with Gasteiger partial charge in [0.25, 0.3) is 0 Å². The second-order valence-electron chi connectivity index (χ2n) is 10.2. The summed E-state index contributed by atoms with van der Waals surface area (Å²) in [4.78, 5) is 30.7. The van der Waals surface area contributed by atoms with Crippen molar-refractivity contribution in [2.24, 2.45) is 5.92 Å². The minimum atomic E-state index is -4.93. The first-order valence-corrected chi connectivity index (χ1v) is 13.2. The third-order valence-electron chi connectivity index (χ3n) is 7.25. The predicted molar refractivity (Wildman–Crippen MR) is 143 cm³/mol. The fourth-order valence-corrected chi connectivity index (χ4v) is 4.97. The van der Waals surface area contributed by atoms with E-state index >= 15 is 0 Å². The van der Waals surface area contributed by atoms with Gasteiger partial charge in [-0.2, -0.15) is 17.6 Å². The van der Waals surface area contributed by atoms with E-state index in [1.54, 1.807) is 30.3 Å². The number of rotatable bonds is 11. The molecule has 3 aromatic rings. The number of ether oxygens (including phenoxy) is 1. The number of halogens is 6. The third kappa shape index (κ3) is 7.39. The molecule has 1 aliphatic carbocycles. The summed E-state index contributed by atoms with van der Waals surface area (Å²) in [6.07, 6.45) is -8.60. The van der Waals surface area contributed by atoms with Crippen molar-refractivity contribution in [1.29, 1.82) is 0 Å². The number of alkyl halides is 4. The van der Waals surface area contributed by atoms with Crippen LogP contribution in [0.3, 0.4) is 0 Å². The number of hydroxylamine groups is 2. The van der Waals surface area contributed by atoms with Crippen LogP contribution in [0.5, 0.6) is 5.75 Å². The average molecular weight is 610 g/mol. The zero-order valence-corrected chi connectivity index (χ0v) is 23.1. The Kier molecular flexibility index (Phi) is 9.53. The number of urea groups is 1. The van der Waals surface area contributed by atoms with Gasteiger partial charge >= 0.3 is 18.6 Å². The standard InChI is InChI=1S/C30H29F6N3O4/c1-39(42-2)26(40)19-12-24(13-19)37-28(41)38-29(17-18-6-4-3-5-7-18,20-8-10-22(31)11-9-20)21-14-23(32)16-25(15-21)43-30(35,36)27(33)34/h3-11,14-16,19,24,27H,12-13,17H2,1-2H3,(H2,37,38,41)/t19?,24?,29-/m1/s1. The second-order valence-corrected chi connectivity index (χ2v) is 10.2. The maximum Gasteiger partial charge on any atom is 0.461 e. The molecule has 0 aliphatic heterocycles. The lowest BCUT2D eigenvalue weighted by Gasteiger charge is -2.40. The molecule has 43 heavy (non-hydrogen) atoms. The van der Waals surface area contributed by atoms with Gasteiger partial charge < -0.3 is 15.4 Å². The lowest BCUT2D eigenvalue weighted by atomic mass is 9.77. The Morgan fingerprint density at radius 2 is 1.60 bits per heavy atom. The molecule has 0 heterocycles. The Morgan fingerprint density at radius 1 is 0.953 bits per heavy atom. The van der Waals surface area contributed by atoms with Crippen molar-refractivity contribution in [2.45, 2.75) is 43.4 Å². The molecule has 4 rings (SSSR count). The quantitative estimate of drug-likeness (QED) is 0.213. The van der Waals surface area contributed by atoms with Gasteiger partial charge in [-0.25, -0.2) is 18.6 Å². The topological polar surface area (TPSA) is 79.9 Å². The highest BCUT2D eigenvalue weighted by Gasteiger charge is 2.45. The van der Waals surface area contributed by atoms with Crippen LogP contribution in [0.25, 0.3) is 0 Å². The van der Waals surface area contributed by atoms with Crippen LogP contribution in [0.15, 0.2) is 72.8 Å². The van der Waals surface area contributed by atoms with Gasteiger partial charge in [0.15, 0.2) is 0 Å². The SMILES string of the molecule is CON(C)C(=O)C1CC(NC(=O)N[C@](Cc2ccccc2)(c2ccc(F)cc2)c2cc(F)cc(OC(F)(F)C(F)F)c2)C1. The summed E-state index contributed by atoms with van der Waals surface area (Å²) in [5.74, 6) is -3.29. The van der Waals surface area contributed by atoms with Gasteiger partial charge in [0.1, 0.15) is 17.4 Å². The minimum Gasteiger partial charge on any atom is -0.428 e. The molecular weight excluding hydrogens is 580 g/mol. The molecule has 13 heteroatoms. The van der Waals surface area contributed by atoms with Crippen LogP contribution >= 0.6 is 0 Å². The monoisotopic (exact) mass is 609 g/mol. The molecule has 0 spiro atoms. The molecule has 1 aliphatic rings. The Balaban J connectivity index is 1.74. The largest absolute Gasteiger partial charge is 0.461 e. The zero-order valence-electron chi connectivity index (χ0n) is 23.1. The number of nitrogens with zero attached hydrogens (tertiary/aromatic N) is 1. The van der Waals surface area contributed by atoms with Gasteiger partial charge in [0.2, 0.25) is 5.91 Å². The van der Waals surface area contributed by atoms with Crippen LogP contribution in [0, 0.1) is 17.6 Å². The van der Waals surface area contributed by atoms with Crippen molar-refractivity contribution >= 4 is 11.9 Å². The molecule has 7 nitrogen and oxygen atoms in total. The number of benzene rings is 3. The Hall–Kier alpha value is -4.26. The van der Waals surface area contributed by atoms with Gasteiger partial charge in [-0.3, -0.25) is 9.63 Å². The van der Waals surface area contributed by atoms with Crippen molar-refractivity contribution in [2.75, 3.05) is 14.2 Å². The van der Waals surface area contributed by atoms with Crippen molar-refractivity contribution in [3.05, 3.63) is 101 Å². The maximum atomic E-state index is 14.9. The molecule has 3 aromatic carbocycles. The van der Waals surface area contributed by atoms with Gasteiger partial charge in [0, 0.05) is 31.5 Å². The summed E-state index contributed by atoms with van der Waals surface area (Å²) >= 11 is 0. The van der Waals surface area contributed by atoms with Crippen LogP contribution < -0.4 is 15.4 Å². The summed E-state index contributed by atoms with van der Waals surface area (Å²) < 4.78 is 86.5. The summed E-state index contributed by atoms with van der Waals surface area (Å²) in [6.45, 7) is 0. The first-order valence-electron chi connectivity index (χ1n) is 13.2.